The monoisotopic (exact) mass is 208 g/mol. The lowest BCUT2D eigenvalue weighted by atomic mass is 10.8. The van der Waals surface area contributed by atoms with Crippen LogP contribution in [0, 0.1) is 0 Å². The van der Waals surface area contributed by atoms with E-state index in [9.17, 15) is 0 Å². The number of hydrogen-bond donors (Lipinski definition) is 0. The topological polar surface area (TPSA) is 27.7 Å². The summed E-state index contributed by atoms with van der Waals surface area (Å²) in [4.78, 5) is 0. The fourth-order valence-electron chi connectivity index (χ4n) is 0.702. The summed E-state index contributed by atoms with van der Waals surface area (Å²) in [6, 6.07) is 0.614. The van der Waals surface area contributed by atoms with Gasteiger partial charge in [-0.25, -0.2) is 0 Å². The van der Waals surface area contributed by atoms with Crippen LogP contribution in [0.5, 0.6) is 0 Å². The van der Waals surface area contributed by atoms with Crippen LogP contribution in [0.15, 0.2) is 0 Å². The molecule has 0 heterocycles. The second-order valence-electron chi connectivity index (χ2n) is 2.52. The molecule has 3 nitrogen and oxygen atoms in total. The van der Waals surface area contributed by atoms with Crippen LogP contribution < -0.4 is 0 Å². The molecule has 0 aliphatic carbocycles. The molecular weight excluding hydrogens is 192 g/mol. The van der Waals surface area contributed by atoms with Crippen molar-refractivity contribution < 1.29 is 13.6 Å². The molecule has 0 aromatic heterocycles. The zero-order valence-corrected chi connectivity index (χ0v) is 9.86. The van der Waals surface area contributed by atoms with E-state index < -0.39 is 8.56 Å². The summed E-state index contributed by atoms with van der Waals surface area (Å²) in [5.74, 6) is 0. The van der Waals surface area contributed by atoms with Gasteiger partial charge in [-0.2, -0.15) is 0 Å². The molecule has 12 heavy (non-hydrogen) atoms. The van der Waals surface area contributed by atoms with Crippen LogP contribution in [-0.4, -0.2) is 34.4 Å². The molecule has 0 atom stereocenters. The van der Waals surface area contributed by atoms with E-state index in [4.69, 9.17) is 25.8 Å². The molecule has 0 N–H and O–H groups in total. The molecule has 0 rings (SSSR count). The van der Waals surface area contributed by atoms with Crippen LogP contribution in [0.3, 0.4) is 0 Å². The third-order valence-corrected chi connectivity index (χ3v) is 4.84. The molecule has 0 saturated heterocycles. The fourth-order valence-corrected chi connectivity index (χ4v) is 2.69. The minimum atomic E-state index is -2.06. The van der Waals surface area contributed by atoms with Crippen LogP contribution in [-0.2, 0) is 13.6 Å². The van der Waals surface area contributed by atoms with Crippen molar-refractivity contribution in [1.29, 1.82) is 0 Å². The molecule has 0 amide bonds. The van der Waals surface area contributed by atoms with E-state index in [1.54, 1.807) is 14.2 Å². The lowest BCUT2D eigenvalue weighted by Gasteiger charge is -2.22. The van der Waals surface area contributed by atoms with E-state index in [0.29, 0.717) is 17.7 Å². The van der Waals surface area contributed by atoms with Gasteiger partial charge in [0.05, 0.1) is 12.7 Å². The van der Waals surface area contributed by atoms with Gasteiger partial charge in [-0.1, -0.05) is 0 Å². The molecule has 0 aromatic carbocycles. The van der Waals surface area contributed by atoms with Crippen molar-refractivity contribution in [2.75, 3.05) is 20.8 Å². The van der Waals surface area contributed by atoms with E-state index in [0.717, 1.165) is 0 Å². The molecule has 0 unspecified atom stereocenters. The summed E-state index contributed by atoms with van der Waals surface area (Å²) in [6.07, 6.45) is 0. The van der Waals surface area contributed by atoms with E-state index in [1.807, 2.05) is 13.5 Å². The summed E-state index contributed by atoms with van der Waals surface area (Å²) < 4.78 is 15.7. The maximum Gasteiger partial charge on any atom is 0.343 e. The number of rotatable bonds is 5. The Morgan fingerprint density at radius 1 is 1.33 bits per heavy atom. The Morgan fingerprint density at radius 3 is 2.17 bits per heavy atom. The number of hydrogen-bond acceptors (Lipinski definition) is 4. The van der Waals surface area contributed by atoms with Crippen molar-refractivity contribution in [3.05, 3.63) is 0 Å². The smallest absolute Gasteiger partial charge is 0.343 e. The maximum atomic E-state index is 5.25. The van der Waals surface area contributed by atoms with Gasteiger partial charge in [0.1, 0.15) is 0 Å². The summed E-state index contributed by atoms with van der Waals surface area (Å²) in [5.41, 5.74) is 0. The molecule has 0 bridgehead atoms. The largest absolute Gasteiger partial charge is 0.487 e. The summed E-state index contributed by atoms with van der Waals surface area (Å²) in [7, 11) is 1.22. The highest BCUT2D eigenvalue weighted by Gasteiger charge is 2.30. The third-order valence-electron chi connectivity index (χ3n) is 1.63. The summed E-state index contributed by atoms with van der Waals surface area (Å²) >= 11 is 4.99. The van der Waals surface area contributed by atoms with E-state index in [-0.39, 0.29) is 0 Å². The van der Waals surface area contributed by atoms with Crippen molar-refractivity contribution in [3.8, 4) is 0 Å². The van der Waals surface area contributed by atoms with Gasteiger partial charge in [-0.05, 0) is 25.7 Å². The lowest BCUT2D eigenvalue weighted by Crippen LogP contribution is -2.38. The second kappa shape index (κ2) is 5.63. The van der Waals surface area contributed by atoms with Crippen LogP contribution in [0.25, 0.3) is 0 Å². The molecule has 0 aromatic rings. The molecular formula is C7H16O3SSi. The highest BCUT2D eigenvalue weighted by atomic mass is 32.1. The van der Waals surface area contributed by atoms with Crippen LogP contribution in [0.2, 0.25) is 12.6 Å². The minimum Gasteiger partial charge on any atom is -0.487 e. The Labute approximate surface area is 80.3 Å². The average molecular weight is 208 g/mol. The van der Waals surface area contributed by atoms with Crippen molar-refractivity contribution in [3.63, 3.8) is 0 Å². The van der Waals surface area contributed by atoms with Gasteiger partial charge in [0.25, 0.3) is 0 Å². The van der Waals surface area contributed by atoms with Crippen LogP contribution >= 0.6 is 12.2 Å². The standard InChI is InChI=1S/C7H16O3SSi/c1-5-10-7(11)6-12(4,8-2)9-3/h5-6H2,1-4H3. The van der Waals surface area contributed by atoms with Crippen molar-refractivity contribution >= 4 is 25.8 Å². The zero-order chi connectivity index (χ0) is 9.61. The van der Waals surface area contributed by atoms with E-state index in [1.165, 1.54) is 0 Å². The first-order chi connectivity index (χ1) is 5.58. The van der Waals surface area contributed by atoms with Gasteiger partial charge >= 0.3 is 8.56 Å². The van der Waals surface area contributed by atoms with E-state index in [2.05, 4.69) is 0 Å². The van der Waals surface area contributed by atoms with Crippen LogP contribution in [0.1, 0.15) is 6.92 Å². The SMILES string of the molecule is CCOC(=S)C[Si](C)(OC)OC. The highest BCUT2D eigenvalue weighted by molar-refractivity contribution is 7.80. The first-order valence-corrected chi connectivity index (χ1v) is 6.77. The van der Waals surface area contributed by atoms with Crippen molar-refractivity contribution in [1.82, 2.24) is 0 Å². The van der Waals surface area contributed by atoms with Gasteiger partial charge in [0, 0.05) is 14.2 Å². The average Bonchev–Trinajstić information content (AvgIpc) is 2.05. The number of thiocarbonyl (C=S) groups is 1. The normalized spacial score (nSPS) is 11.3. The van der Waals surface area contributed by atoms with Crippen molar-refractivity contribution in [2.24, 2.45) is 0 Å². The minimum absolute atomic E-state index is 0.579. The Bertz CT molecular complexity index is 148. The highest BCUT2D eigenvalue weighted by Crippen LogP contribution is 2.12. The quantitative estimate of drug-likeness (QED) is 0.508. The lowest BCUT2D eigenvalue weighted by molar-refractivity contribution is 0.249. The number of ether oxygens (including phenoxy) is 1. The Morgan fingerprint density at radius 2 is 1.83 bits per heavy atom. The van der Waals surface area contributed by atoms with Gasteiger partial charge in [0.2, 0.25) is 0 Å². The second-order valence-corrected chi connectivity index (χ2v) is 6.42. The van der Waals surface area contributed by atoms with Gasteiger partial charge < -0.3 is 13.6 Å². The van der Waals surface area contributed by atoms with Gasteiger partial charge in [0.15, 0.2) is 5.05 Å². The maximum absolute atomic E-state index is 5.25. The van der Waals surface area contributed by atoms with Crippen molar-refractivity contribution in [2.45, 2.75) is 19.5 Å². The Balaban J connectivity index is 3.93. The first kappa shape index (κ1) is 12.0. The molecule has 0 fully saturated rings. The zero-order valence-electron chi connectivity index (χ0n) is 8.05. The molecule has 0 aliphatic rings. The third kappa shape index (κ3) is 4.15. The molecule has 5 heteroatoms. The van der Waals surface area contributed by atoms with Gasteiger partial charge in [-0.3, -0.25) is 0 Å². The molecule has 0 aliphatic heterocycles. The fraction of sp³-hybridized carbons (Fsp3) is 0.857. The molecule has 0 spiro atoms. The van der Waals surface area contributed by atoms with E-state index >= 15 is 0 Å². The van der Waals surface area contributed by atoms with Crippen LogP contribution in [0.4, 0.5) is 0 Å². The first-order valence-electron chi connectivity index (χ1n) is 3.84. The Kier molecular flexibility index (Phi) is 5.65. The van der Waals surface area contributed by atoms with Gasteiger partial charge in [-0.15, -0.1) is 0 Å². The summed E-state index contributed by atoms with van der Waals surface area (Å²) in [6.45, 7) is 4.47. The predicted octanol–water partition coefficient (Wildman–Crippen LogP) is 1.72. The predicted molar refractivity (Wildman–Crippen MR) is 54.7 cm³/mol. The molecule has 0 saturated carbocycles. The molecule has 72 valence electrons. The molecule has 0 radical (unpaired) electrons. The Hall–Kier alpha value is 0.0269. The summed E-state index contributed by atoms with van der Waals surface area (Å²) in [5, 5.41) is 0.579.